The molecule has 1 saturated carbocycles. The van der Waals surface area contributed by atoms with Crippen LogP contribution in [0, 0.1) is 17.2 Å². The van der Waals surface area contributed by atoms with Crippen molar-refractivity contribution in [2.45, 2.75) is 66.1 Å². The van der Waals surface area contributed by atoms with Crippen molar-refractivity contribution < 1.29 is 20.1 Å². The Kier molecular flexibility index (Phi) is 6.91. The summed E-state index contributed by atoms with van der Waals surface area (Å²) in [5.74, 6) is -2.01. The second kappa shape index (κ2) is 8.11. The molecular formula is C20H31NO4. The minimum absolute atomic E-state index is 0.134. The number of hydrogen-bond donors (Lipinski definition) is 4. The third-order valence-corrected chi connectivity index (χ3v) is 4.57. The lowest BCUT2D eigenvalue weighted by Gasteiger charge is -2.32. The Hall–Kier alpha value is -1.72. The Morgan fingerprint density at radius 2 is 1.72 bits per heavy atom. The highest BCUT2D eigenvalue weighted by Gasteiger charge is 2.58. The van der Waals surface area contributed by atoms with Gasteiger partial charge in [0.2, 0.25) is 0 Å². The molecule has 5 heteroatoms. The predicted octanol–water partition coefficient (Wildman–Crippen LogP) is 3.48. The van der Waals surface area contributed by atoms with Gasteiger partial charge in [-0.2, -0.15) is 0 Å². The molecule has 0 spiro atoms. The number of ketones is 1. The van der Waals surface area contributed by atoms with Gasteiger partial charge in [0.25, 0.3) is 0 Å². The van der Waals surface area contributed by atoms with Crippen molar-refractivity contribution in [1.82, 2.24) is 0 Å². The molecule has 0 saturated heterocycles. The Bertz CT molecular complexity index is 634. The van der Waals surface area contributed by atoms with Crippen molar-refractivity contribution >= 4 is 11.5 Å². The SMILES string of the molecule is CC(C)=CCC(O)[C@]1(O)C(=N)C(=C(O)C(C)C)C(=O)C1CC=C(C)C. The van der Waals surface area contributed by atoms with Gasteiger partial charge in [0.1, 0.15) is 11.4 Å². The molecule has 0 aromatic rings. The lowest BCUT2D eigenvalue weighted by atomic mass is 9.80. The van der Waals surface area contributed by atoms with Gasteiger partial charge in [-0.1, -0.05) is 37.1 Å². The molecule has 25 heavy (non-hydrogen) atoms. The lowest BCUT2D eigenvalue weighted by Crippen LogP contribution is -2.51. The van der Waals surface area contributed by atoms with Crippen molar-refractivity contribution in [3.63, 3.8) is 0 Å². The van der Waals surface area contributed by atoms with E-state index in [9.17, 15) is 20.1 Å². The van der Waals surface area contributed by atoms with E-state index in [0.29, 0.717) is 0 Å². The summed E-state index contributed by atoms with van der Waals surface area (Å²) in [6, 6.07) is 0. The first kappa shape index (κ1) is 21.3. The second-order valence-corrected chi connectivity index (χ2v) is 7.58. The molecule has 3 atom stereocenters. The zero-order chi connectivity index (χ0) is 19.5. The van der Waals surface area contributed by atoms with Crippen LogP contribution in [0.1, 0.15) is 54.4 Å². The molecule has 0 aromatic carbocycles. The van der Waals surface area contributed by atoms with Gasteiger partial charge in [-0.05, 0) is 40.5 Å². The van der Waals surface area contributed by atoms with Gasteiger partial charge in [0.15, 0.2) is 5.78 Å². The molecule has 2 unspecified atom stereocenters. The number of allylic oxidation sites excluding steroid dienone is 4. The standard InChI is InChI=1S/C20H31NO4/c1-11(2)7-9-14-18(24)16(17(23)13(5)6)19(21)20(14,25)15(22)10-8-12(3)4/h7-8,13-15,21-23,25H,9-10H2,1-6H3/t14?,15?,20-/m0/s1. The molecule has 140 valence electrons. The second-order valence-electron chi connectivity index (χ2n) is 7.58. The molecule has 1 fully saturated rings. The zero-order valence-electron chi connectivity index (χ0n) is 16.1. The summed E-state index contributed by atoms with van der Waals surface area (Å²) in [4.78, 5) is 12.9. The summed E-state index contributed by atoms with van der Waals surface area (Å²) in [7, 11) is 0. The van der Waals surface area contributed by atoms with Gasteiger partial charge in [0.05, 0.1) is 23.3 Å². The maximum absolute atomic E-state index is 12.9. The number of carbonyl (C=O) groups is 1. The fraction of sp³-hybridized carbons (Fsp3) is 0.600. The molecule has 0 radical (unpaired) electrons. The Balaban J connectivity index is 3.45. The van der Waals surface area contributed by atoms with E-state index < -0.39 is 23.4 Å². The highest BCUT2D eigenvalue weighted by Crippen LogP contribution is 2.41. The van der Waals surface area contributed by atoms with Crippen molar-refractivity contribution in [3.8, 4) is 0 Å². The number of rotatable bonds is 6. The quantitative estimate of drug-likeness (QED) is 0.335. The molecule has 1 aliphatic rings. The van der Waals surface area contributed by atoms with Crippen LogP contribution in [0.5, 0.6) is 0 Å². The number of Topliss-reactive ketones (excluding diaryl/α,β-unsaturated/α-hetero) is 1. The molecule has 0 aromatic heterocycles. The van der Waals surface area contributed by atoms with E-state index in [0.717, 1.165) is 11.1 Å². The van der Waals surface area contributed by atoms with E-state index in [1.54, 1.807) is 19.9 Å². The zero-order valence-corrected chi connectivity index (χ0v) is 16.1. The Morgan fingerprint density at radius 3 is 2.16 bits per heavy atom. The molecule has 0 heterocycles. The number of nitrogens with one attached hydrogen (secondary N) is 1. The monoisotopic (exact) mass is 349 g/mol. The summed E-state index contributed by atoms with van der Waals surface area (Å²) >= 11 is 0. The third-order valence-electron chi connectivity index (χ3n) is 4.57. The summed E-state index contributed by atoms with van der Waals surface area (Å²) in [6.07, 6.45) is 2.62. The summed E-state index contributed by atoms with van der Waals surface area (Å²) < 4.78 is 0. The van der Waals surface area contributed by atoms with Crippen LogP contribution in [-0.2, 0) is 4.79 Å². The van der Waals surface area contributed by atoms with Crippen LogP contribution < -0.4 is 0 Å². The average Bonchev–Trinajstić information content (AvgIpc) is 2.69. The van der Waals surface area contributed by atoms with E-state index in [2.05, 4.69) is 0 Å². The highest BCUT2D eigenvalue weighted by atomic mass is 16.3. The molecule has 0 amide bonds. The van der Waals surface area contributed by atoms with Crippen LogP contribution in [0.25, 0.3) is 0 Å². The Labute approximate surface area is 150 Å². The van der Waals surface area contributed by atoms with Gasteiger partial charge >= 0.3 is 0 Å². The summed E-state index contributed by atoms with van der Waals surface area (Å²) in [6.45, 7) is 10.9. The van der Waals surface area contributed by atoms with Crippen LogP contribution in [0.3, 0.4) is 0 Å². The Morgan fingerprint density at radius 1 is 1.20 bits per heavy atom. The first-order chi connectivity index (χ1) is 11.4. The van der Waals surface area contributed by atoms with Crippen molar-refractivity contribution in [1.29, 1.82) is 5.41 Å². The molecule has 5 nitrogen and oxygen atoms in total. The summed E-state index contributed by atoms with van der Waals surface area (Å²) in [5, 5.41) is 40.4. The van der Waals surface area contributed by atoms with Gasteiger partial charge in [-0.25, -0.2) is 0 Å². The number of hydrogen-bond acceptors (Lipinski definition) is 5. The van der Waals surface area contributed by atoms with Gasteiger partial charge in [-0.15, -0.1) is 0 Å². The molecule has 4 N–H and O–H groups in total. The first-order valence-electron chi connectivity index (χ1n) is 8.68. The maximum atomic E-state index is 12.9. The van der Waals surface area contributed by atoms with Crippen molar-refractivity contribution in [2.24, 2.45) is 11.8 Å². The minimum Gasteiger partial charge on any atom is -0.511 e. The van der Waals surface area contributed by atoms with Crippen molar-refractivity contribution in [2.75, 3.05) is 0 Å². The molecular weight excluding hydrogens is 318 g/mol. The number of carbonyl (C=O) groups excluding carboxylic acids is 1. The lowest BCUT2D eigenvalue weighted by molar-refractivity contribution is -0.127. The predicted molar refractivity (Wildman–Crippen MR) is 99.8 cm³/mol. The number of aliphatic hydroxyl groups excluding tert-OH is 2. The largest absolute Gasteiger partial charge is 0.511 e. The van der Waals surface area contributed by atoms with Gasteiger partial charge in [-0.3, -0.25) is 4.79 Å². The topological polar surface area (TPSA) is 102 Å². The van der Waals surface area contributed by atoms with Crippen LogP contribution in [0.15, 0.2) is 34.6 Å². The maximum Gasteiger partial charge on any atom is 0.174 e. The minimum atomic E-state index is -2.01. The molecule has 0 aliphatic heterocycles. The molecule has 1 aliphatic carbocycles. The average molecular weight is 349 g/mol. The summed E-state index contributed by atoms with van der Waals surface area (Å²) in [5.41, 5.74) is -0.592. The first-order valence-corrected chi connectivity index (χ1v) is 8.68. The van der Waals surface area contributed by atoms with Crippen LogP contribution in [0.2, 0.25) is 0 Å². The van der Waals surface area contributed by atoms with Crippen molar-refractivity contribution in [3.05, 3.63) is 34.6 Å². The highest BCUT2D eigenvalue weighted by molar-refractivity contribution is 6.31. The normalized spacial score (nSPS) is 26.7. The van der Waals surface area contributed by atoms with Crippen LogP contribution >= 0.6 is 0 Å². The number of aliphatic hydroxyl groups is 3. The van der Waals surface area contributed by atoms with E-state index >= 15 is 0 Å². The smallest absolute Gasteiger partial charge is 0.174 e. The van der Waals surface area contributed by atoms with Gasteiger partial charge in [0, 0.05) is 5.92 Å². The molecule has 1 rings (SSSR count). The molecule has 0 bridgehead atoms. The fourth-order valence-corrected chi connectivity index (χ4v) is 2.98. The third kappa shape index (κ3) is 4.28. The fourth-order valence-electron chi connectivity index (χ4n) is 2.98. The van der Waals surface area contributed by atoms with E-state index in [1.807, 2.05) is 33.8 Å². The van der Waals surface area contributed by atoms with Crippen LogP contribution in [-0.4, -0.2) is 38.5 Å². The van der Waals surface area contributed by atoms with E-state index in [-0.39, 0.29) is 35.8 Å². The van der Waals surface area contributed by atoms with E-state index in [4.69, 9.17) is 5.41 Å². The van der Waals surface area contributed by atoms with Gasteiger partial charge < -0.3 is 20.7 Å². The van der Waals surface area contributed by atoms with E-state index in [1.165, 1.54) is 0 Å². The van der Waals surface area contributed by atoms with Crippen LogP contribution in [0.4, 0.5) is 0 Å².